The van der Waals surface area contributed by atoms with E-state index in [4.69, 9.17) is 18.9 Å². The van der Waals surface area contributed by atoms with E-state index >= 15 is 0 Å². The van der Waals surface area contributed by atoms with Gasteiger partial charge in [-0.05, 0) is 25.7 Å². The van der Waals surface area contributed by atoms with Gasteiger partial charge in [0.25, 0.3) is 0 Å². The fraction of sp³-hybridized carbons (Fsp3) is 0.545. The zero-order valence-corrected chi connectivity index (χ0v) is 15.6. The molecular weight excluding hydrogens is 328 g/mol. The lowest BCUT2D eigenvalue weighted by Gasteiger charge is -2.28. The van der Waals surface area contributed by atoms with Gasteiger partial charge in [0, 0.05) is 0 Å². The molecule has 0 saturated carbocycles. The van der Waals surface area contributed by atoms with Crippen LogP contribution >= 0.6 is 0 Å². The standard InChI is InChI=1S/C22H32O4/c1-3-15-23-19-11-5-7-13-21(19)25-17-9-10-18-26-22-14-8-6-12-20(22)24-16-4-2/h3-10,19-22H,1-2,11-18H2/b10-9+/t19-,20+,21+,22-. The molecule has 0 aromatic carbocycles. The highest BCUT2D eigenvalue weighted by atomic mass is 16.5. The third-order valence-corrected chi connectivity index (χ3v) is 4.47. The van der Waals surface area contributed by atoms with Gasteiger partial charge >= 0.3 is 0 Å². The molecule has 0 fully saturated rings. The molecule has 2 rings (SSSR count). The van der Waals surface area contributed by atoms with Crippen molar-refractivity contribution in [1.82, 2.24) is 0 Å². The van der Waals surface area contributed by atoms with Crippen LogP contribution in [0.4, 0.5) is 0 Å². The van der Waals surface area contributed by atoms with Gasteiger partial charge < -0.3 is 18.9 Å². The zero-order valence-electron chi connectivity index (χ0n) is 15.6. The van der Waals surface area contributed by atoms with Crippen LogP contribution in [0.15, 0.2) is 61.8 Å². The van der Waals surface area contributed by atoms with Gasteiger partial charge in [0.2, 0.25) is 0 Å². The van der Waals surface area contributed by atoms with E-state index in [0.717, 1.165) is 25.7 Å². The van der Waals surface area contributed by atoms with Crippen molar-refractivity contribution in [1.29, 1.82) is 0 Å². The monoisotopic (exact) mass is 360 g/mol. The first kappa shape index (κ1) is 20.8. The van der Waals surface area contributed by atoms with Gasteiger partial charge in [0.05, 0.1) is 50.8 Å². The molecule has 0 heterocycles. The quantitative estimate of drug-likeness (QED) is 0.490. The third-order valence-electron chi connectivity index (χ3n) is 4.47. The minimum Gasteiger partial charge on any atom is -0.371 e. The van der Waals surface area contributed by atoms with E-state index in [9.17, 15) is 0 Å². The van der Waals surface area contributed by atoms with Crippen molar-refractivity contribution >= 4 is 0 Å². The molecule has 4 nitrogen and oxygen atoms in total. The van der Waals surface area contributed by atoms with Crippen molar-refractivity contribution in [3.63, 3.8) is 0 Å². The van der Waals surface area contributed by atoms with Crippen LogP contribution in [0.25, 0.3) is 0 Å². The van der Waals surface area contributed by atoms with E-state index in [1.807, 2.05) is 12.2 Å². The second-order valence-corrected chi connectivity index (χ2v) is 6.42. The number of hydrogen-bond acceptors (Lipinski definition) is 4. The lowest BCUT2D eigenvalue weighted by Crippen LogP contribution is -2.33. The topological polar surface area (TPSA) is 36.9 Å². The minimum absolute atomic E-state index is 0.102. The molecule has 4 atom stereocenters. The van der Waals surface area contributed by atoms with Crippen molar-refractivity contribution in [3.8, 4) is 0 Å². The second kappa shape index (κ2) is 12.8. The SMILES string of the molecule is C=CCO[C@H]1CC=CC[C@H]1OC/C=C/CO[C@H]1CC=CC[C@H]1OCC=C. The van der Waals surface area contributed by atoms with Crippen molar-refractivity contribution in [2.75, 3.05) is 26.4 Å². The summed E-state index contributed by atoms with van der Waals surface area (Å²) in [6.07, 6.45) is 20.2. The highest BCUT2D eigenvalue weighted by molar-refractivity contribution is 4.98. The van der Waals surface area contributed by atoms with E-state index in [2.05, 4.69) is 37.5 Å². The molecule has 0 bridgehead atoms. The lowest BCUT2D eigenvalue weighted by atomic mass is 10.0. The number of rotatable bonds is 12. The average Bonchev–Trinajstić information content (AvgIpc) is 2.69. The summed E-state index contributed by atoms with van der Waals surface area (Å²) < 4.78 is 23.5. The molecule has 4 heteroatoms. The van der Waals surface area contributed by atoms with Crippen LogP contribution in [0.2, 0.25) is 0 Å². The van der Waals surface area contributed by atoms with Crippen LogP contribution in [-0.2, 0) is 18.9 Å². The molecule has 26 heavy (non-hydrogen) atoms. The van der Waals surface area contributed by atoms with Crippen LogP contribution in [0.3, 0.4) is 0 Å². The van der Waals surface area contributed by atoms with Crippen molar-refractivity contribution < 1.29 is 18.9 Å². The van der Waals surface area contributed by atoms with Crippen LogP contribution in [0.1, 0.15) is 25.7 Å². The summed E-state index contributed by atoms with van der Waals surface area (Å²) in [7, 11) is 0. The molecule has 0 amide bonds. The molecule has 0 spiro atoms. The molecule has 0 aromatic rings. The first-order valence-electron chi connectivity index (χ1n) is 9.48. The van der Waals surface area contributed by atoms with E-state index < -0.39 is 0 Å². The Balaban J connectivity index is 1.65. The summed E-state index contributed by atoms with van der Waals surface area (Å²) in [6.45, 7) is 9.66. The van der Waals surface area contributed by atoms with E-state index in [-0.39, 0.29) is 24.4 Å². The smallest absolute Gasteiger partial charge is 0.0878 e. The molecule has 144 valence electrons. The summed E-state index contributed by atoms with van der Waals surface area (Å²) in [5.41, 5.74) is 0. The van der Waals surface area contributed by atoms with Crippen LogP contribution < -0.4 is 0 Å². The fourth-order valence-electron chi connectivity index (χ4n) is 3.11. The van der Waals surface area contributed by atoms with Crippen molar-refractivity contribution in [2.45, 2.75) is 50.1 Å². The minimum atomic E-state index is 0.102. The number of ether oxygens (including phenoxy) is 4. The Morgan fingerprint density at radius 1 is 0.577 bits per heavy atom. The van der Waals surface area contributed by atoms with Gasteiger partial charge in [0.15, 0.2) is 0 Å². The molecule has 0 aliphatic heterocycles. The van der Waals surface area contributed by atoms with Crippen molar-refractivity contribution in [2.24, 2.45) is 0 Å². The van der Waals surface area contributed by atoms with Gasteiger partial charge in [-0.2, -0.15) is 0 Å². The summed E-state index contributed by atoms with van der Waals surface area (Å²) >= 11 is 0. The zero-order chi connectivity index (χ0) is 18.5. The van der Waals surface area contributed by atoms with Crippen molar-refractivity contribution in [3.05, 3.63) is 61.8 Å². The maximum absolute atomic E-state index is 5.96. The first-order valence-corrected chi connectivity index (χ1v) is 9.48. The summed E-state index contributed by atoms with van der Waals surface area (Å²) in [4.78, 5) is 0. The molecule has 0 radical (unpaired) electrons. The Morgan fingerprint density at radius 2 is 0.885 bits per heavy atom. The third kappa shape index (κ3) is 7.42. The Morgan fingerprint density at radius 3 is 1.19 bits per heavy atom. The first-order chi connectivity index (χ1) is 12.8. The lowest BCUT2D eigenvalue weighted by molar-refractivity contribution is -0.0606. The Hall–Kier alpha value is -1.46. The van der Waals surface area contributed by atoms with Gasteiger partial charge in [0.1, 0.15) is 0 Å². The summed E-state index contributed by atoms with van der Waals surface area (Å²) in [6, 6.07) is 0. The van der Waals surface area contributed by atoms with E-state index in [0.29, 0.717) is 26.4 Å². The highest BCUT2D eigenvalue weighted by Crippen LogP contribution is 2.20. The predicted octanol–water partition coefficient (Wildman–Crippen LogP) is 4.16. The maximum atomic E-state index is 5.96. The van der Waals surface area contributed by atoms with Crippen LogP contribution in [0, 0.1) is 0 Å². The van der Waals surface area contributed by atoms with Gasteiger partial charge in [-0.25, -0.2) is 0 Å². The molecule has 0 unspecified atom stereocenters. The van der Waals surface area contributed by atoms with E-state index in [1.165, 1.54) is 0 Å². The Labute approximate surface area is 157 Å². The molecule has 0 saturated heterocycles. The second-order valence-electron chi connectivity index (χ2n) is 6.42. The molecule has 0 N–H and O–H groups in total. The Bertz CT molecular complexity index is 450. The van der Waals surface area contributed by atoms with Gasteiger partial charge in [-0.3, -0.25) is 0 Å². The molecule has 0 aromatic heterocycles. The summed E-state index contributed by atoms with van der Waals surface area (Å²) in [5.74, 6) is 0. The molecule has 2 aliphatic rings. The largest absolute Gasteiger partial charge is 0.371 e. The predicted molar refractivity (Wildman–Crippen MR) is 105 cm³/mol. The molecular formula is C22H32O4. The van der Waals surface area contributed by atoms with Crippen LogP contribution in [0.5, 0.6) is 0 Å². The fourth-order valence-corrected chi connectivity index (χ4v) is 3.11. The Kier molecular flexibility index (Phi) is 10.3. The van der Waals surface area contributed by atoms with Gasteiger partial charge in [-0.1, -0.05) is 48.6 Å². The molecule has 2 aliphatic carbocycles. The number of hydrogen-bond donors (Lipinski definition) is 0. The van der Waals surface area contributed by atoms with E-state index in [1.54, 1.807) is 12.2 Å². The maximum Gasteiger partial charge on any atom is 0.0878 e. The average molecular weight is 360 g/mol. The van der Waals surface area contributed by atoms with Crippen LogP contribution in [-0.4, -0.2) is 50.8 Å². The normalized spacial score (nSPS) is 28.5. The van der Waals surface area contributed by atoms with Gasteiger partial charge in [-0.15, -0.1) is 13.2 Å². The highest BCUT2D eigenvalue weighted by Gasteiger charge is 2.24. The summed E-state index contributed by atoms with van der Waals surface area (Å²) in [5, 5.41) is 0.